The summed E-state index contributed by atoms with van der Waals surface area (Å²) < 4.78 is 32.3. The van der Waals surface area contributed by atoms with Crippen molar-refractivity contribution in [3.63, 3.8) is 0 Å². The number of carbonyl (C=O) groups is 1. The molecule has 0 aliphatic carbocycles. The molecule has 2 heterocycles. The third kappa shape index (κ3) is 3.84. The molecule has 7 nitrogen and oxygen atoms in total. The maximum Gasteiger partial charge on any atom is 0.248 e. The molecule has 1 amide bonds. The molecule has 0 unspecified atom stereocenters. The highest BCUT2D eigenvalue weighted by Gasteiger charge is 2.35. The zero-order valence-electron chi connectivity index (χ0n) is 16.8. The first-order valence-electron chi connectivity index (χ1n) is 9.58. The van der Waals surface area contributed by atoms with E-state index in [0.29, 0.717) is 37.4 Å². The van der Waals surface area contributed by atoms with Gasteiger partial charge in [0.2, 0.25) is 15.9 Å². The van der Waals surface area contributed by atoms with Gasteiger partial charge < -0.3 is 9.84 Å². The Morgan fingerprint density at radius 1 is 1.25 bits per heavy atom. The highest BCUT2D eigenvalue weighted by atomic mass is 32.2. The summed E-state index contributed by atoms with van der Waals surface area (Å²) in [4.78, 5) is 12.9. The molecule has 1 saturated heterocycles. The number of aryl methyl sites for hydroxylation is 4. The first-order chi connectivity index (χ1) is 13.3. The molecule has 2 aromatic rings. The molecule has 8 heteroatoms. The Bertz CT molecular complexity index is 954. The number of nitrogens with zero attached hydrogens (tertiary/aromatic N) is 2. The quantitative estimate of drug-likeness (QED) is 0.825. The van der Waals surface area contributed by atoms with Crippen LogP contribution in [0.2, 0.25) is 0 Å². The van der Waals surface area contributed by atoms with E-state index in [-0.39, 0.29) is 16.7 Å². The predicted molar refractivity (Wildman–Crippen MR) is 107 cm³/mol. The van der Waals surface area contributed by atoms with Gasteiger partial charge in [0.15, 0.2) is 5.76 Å². The lowest BCUT2D eigenvalue weighted by Crippen LogP contribution is -2.41. The maximum absolute atomic E-state index is 12.9. The molecule has 1 aliphatic heterocycles. The molecular formula is C20H27N3O4S. The summed E-state index contributed by atoms with van der Waals surface area (Å²) >= 11 is 0. The summed E-state index contributed by atoms with van der Waals surface area (Å²) in [6.07, 6.45) is 1.81. The number of anilines is 1. The van der Waals surface area contributed by atoms with Crippen LogP contribution in [0.5, 0.6) is 0 Å². The van der Waals surface area contributed by atoms with Crippen LogP contribution >= 0.6 is 0 Å². The van der Waals surface area contributed by atoms with E-state index in [0.717, 1.165) is 23.2 Å². The Labute approximate surface area is 166 Å². The second-order valence-electron chi connectivity index (χ2n) is 7.28. The van der Waals surface area contributed by atoms with E-state index in [9.17, 15) is 13.2 Å². The molecule has 1 aromatic carbocycles. The number of hydrogen-bond donors (Lipinski definition) is 1. The molecule has 0 spiro atoms. The van der Waals surface area contributed by atoms with Crippen LogP contribution in [0.3, 0.4) is 0 Å². The van der Waals surface area contributed by atoms with Gasteiger partial charge in [-0.3, -0.25) is 4.79 Å². The number of carbonyl (C=O) groups excluding carboxylic acids is 1. The monoisotopic (exact) mass is 405 g/mol. The zero-order valence-corrected chi connectivity index (χ0v) is 17.6. The Morgan fingerprint density at radius 3 is 2.50 bits per heavy atom. The smallest absolute Gasteiger partial charge is 0.248 e. The average molecular weight is 406 g/mol. The summed E-state index contributed by atoms with van der Waals surface area (Å²) in [7, 11) is -3.66. The first kappa shape index (κ1) is 20.5. The predicted octanol–water partition coefficient (Wildman–Crippen LogP) is 3.20. The van der Waals surface area contributed by atoms with Gasteiger partial charge in [-0.15, -0.1) is 0 Å². The summed E-state index contributed by atoms with van der Waals surface area (Å²) in [6.45, 7) is 7.87. The number of piperidine rings is 1. The molecule has 1 N–H and O–H groups in total. The van der Waals surface area contributed by atoms with Gasteiger partial charge in [0, 0.05) is 24.7 Å². The number of sulfonamides is 1. The van der Waals surface area contributed by atoms with Gasteiger partial charge in [0.05, 0.1) is 0 Å². The van der Waals surface area contributed by atoms with E-state index in [4.69, 9.17) is 4.52 Å². The normalized spacial score (nSPS) is 16.3. The third-order valence-electron chi connectivity index (χ3n) is 5.38. The van der Waals surface area contributed by atoms with Gasteiger partial charge in [-0.2, -0.15) is 4.31 Å². The van der Waals surface area contributed by atoms with Crippen molar-refractivity contribution in [2.24, 2.45) is 5.92 Å². The number of benzene rings is 1. The van der Waals surface area contributed by atoms with E-state index in [1.165, 1.54) is 4.31 Å². The minimum atomic E-state index is -3.66. The van der Waals surface area contributed by atoms with Gasteiger partial charge in [0.1, 0.15) is 10.6 Å². The number of amides is 1. The highest BCUT2D eigenvalue weighted by Crippen LogP contribution is 2.29. The van der Waals surface area contributed by atoms with Crippen LogP contribution in [0.25, 0.3) is 0 Å². The van der Waals surface area contributed by atoms with Crippen LogP contribution < -0.4 is 5.32 Å². The second kappa shape index (κ2) is 8.05. The van der Waals surface area contributed by atoms with E-state index >= 15 is 0 Å². The van der Waals surface area contributed by atoms with Crippen LogP contribution in [0.1, 0.15) is 42.3 Å². The lowest BCUT2D eigenvalue weighted by Gasteiger charge is -2.30. The fourth-order valence-electron chi connectivity index (χ4n) is 3.76. The van der Waals surface area contributed by atoms with Crippen molar-refractivity contribution >= 4 is 21.6 Å². The standard InChI is InChI=1S/C20H27N3O4S/c1-5-16-8-6-7-13(2)18(16)21-20(24)17-9-11-23(12-10-17)28(25,26)19-14(3)22-27-15(19)4/h6-8,17H,5,9-12H2,1-4H3,(H,21,24). The Morgan fingerprint density at radius 2 is 1.93 bits per heavy atom. The summed E-state index contributed by atoms with van der Waals surface area (Å²) in [5.74, 6) is 0.0443. The second-order valence-corrected chi connectivity index (χ2v) is 9.16. The molecule has 1 aromatic heterocycles. The Balaban J connectivity index is 1.68. The number of nitrogens with one attached hydrogen (secondary N) is 1. The van der Waals surface area contributed by atoms with Crippen LogP contribution in [0, 0.1) is 26.7 Å². The first-order valence-corrected chi connectivity index (χ1v) is 11.0. The van der Waals surface area contributed by atoms with Crippen molar-refractivity contribution in [3.8, 4) is 0 Å². The summed E-state index contributed by atoms with van der Waals surface area (Å²) in [6, 6.07) is 5.98. The van der Waals surface area contributed by atoms with Crippen LogP contribution in [0.15, 0.2) is 27.6 Å². The van der Waals surface area contributed by atoms with Gasteiger partial charge in [0.25, 0.3) is 0 Å². The lowest BCUT2D eigenvalue weighted by atomic mass is 9.96. The topological polar surface area (TPSA) is 92.5 Å². The van der Waals surface area contributed by atoms with Gasteiger partial charge in [-0.25, -0.2) is 8.42 Å². The van der Waals surface area contributed by atoms with Crippen molar-refractivity contribution < 1.29 is 17.7 Å². The van der Waals surface area contributed by atoms with E-state index in [1.54, 1.807) is 13.8 Å². The molecule has 1 fully saturated rings. The molecule has 3 rings (SSSR count). The van der Waals surface area contributed by atoms with Crippen molar-refractivity contribution in [2.45, 2.75) is 51.9 Å². The zero-order chi connectivity index (χ0) is 20.5. The van der Waals surface area contributed by atoms with Crippen LogP contribution in [-0.4, -0.2) is 36.9 Å². The van der Waals surface area contributed by atoms with E-state index < -0.39 is 10.0 Å². The fraction of sp³-hybridized carbons (Fsp3) is 0.500. The van der Waals surface area contributed by atoms with Crippen molar-refractivity contribution in [3.05, 3.63) is 40.8 Å². The minimum Gasteiger partial charge on any atom is -0.360 e. The van der Waals surface area contributed by atoms with Crippen molar-refractivity contribution in [1.29, 1.82) is 0 Å². The van der Waals surface area contributed by atoms with Crippen LogP contribution in [-0.2, 0) is 21.2 Å². The minimum absolute atomic E-state index is 0.0432. The largest absolute Gasteiger partial charge is 0.360 e. The van der Waals surface area contributed by atoms with Gasteiger partial charge in [-0.05, 0) is 51.2 Å². The molecular weight excluding hydrogens is 378 g/mol. The number of rotatable bonds is 5. The molecule has 28 heavy (non-hydrogen) atoms. The SMILES string of the molecule is CCc1cccc(C)c1NC(=O)C1CCN(S(=O)(=O)c2c(C)noc2C)CC1. The van der Waals surface area contributed by atoms with Crippen molar-refractivity contribution in [1.82, 2.24) is 9.46 Å². The molecule has 0 bridgehead atoms. The average Bonchev–Trinajstić information content (AvgIpc) is 3.02. The Hall–Kier alpha value is -2.19. The molecule has 0 radical (unpaired) electrons. The molecule has 0 atom stereocenters. The summed E-state index contributed by atoms with van der Waals surface area (Å²) in [5, 5.41) is 6.81. The van der Waals surface area contributed by atoms with Crippen molar-refractivity contribution in [2.75, 3.05) is 18.4 Å². The highest BCUT2D eigenvalue weighted by molar-refractivity contribution is 7.89. The Kier molecular flexibility index (Phi) is 5.90. The fourth-order valence-corrected chi connectivity index (χ4v) is 5.52. The lowest BCUT2D eigenvalue weighted by molar-refractivity contribution is -0.120. The van der Waals surface area contributed by atoms with Gasteiger partial charge >= 0.3 is 0 Å². The van der Waals surface area contributed by atoms with E-state index in [1.807, 2.05) is 25.1 Å². The third-order valence-corrected chi connectivity index (χ3v) is 7.52. The van der Waals surface area contributed by atoms with E-state index in [2.05, 4.69) is 17.4 Å². The number of aromatic nitrogens is 1. The van der Waals surface area contributed by atoms with Crippen LogP contribution in [0.4, 0.5) is 5.69 Å². The number of para-hydroxylation sites is 1. The molecule has 152 valence electrons. The molecule has 1 aliphatic rings. The summed E-state index contributed by atoms with van der Waals surface area (Å²) in [5.41, 5.74) is 3.38. The van der Waals surface area contributed by atoms with Gasteiger partial charge in [-0.1, -0.05) is 30.3 Å². The molecule has 0 saturated carbocycles. The number of hydrogen-bond acceptors (Lipinski definition) is 5. The maximum atomic E-state index is 12.9.